The number of halogens is 2. The Balaban J connectivity index is 1.14. The van der Waals surface area contributed by atoms with Gasteiger partial charge >= 0.3 is 0 Å². The normalized spacial score (nSPS) is 16.6. The minimum atomic E-state index is -0.359. The van der Waals surface area contributed by atoms with Crippen molar-refractivity contribution in [3.05, 3.63) is 69.8 Å². The summed E-state index contributed by atoms with van der Waals surface area (Å²) in [5, 5.41) is 18.7. The molecule has 1 aromatic carbocycles. The molecule has 1 aromatic heterocycles. The number of unbranched alkanes of at least 4 members (excludes halogenated alkanes) is 1. The summed E-state index contributed by atoms with van der Waals surface area (Å²) in [6, 6.07) is 5.01. The van der Waals surface area contributed by atoms with Crippen molar-refractivity contribution in [2.75, 3.05) is 13.1 Å². The van der Waals surface area contributed by atoms with E-state index in [2.05, 4.69) is 31.0 Å². The first-order valence-electron chi connectivity index (χ1n) is 10.8. The summed E-state index contributed by atoms with van der Waals surface area (Å²) >= 11 is 12.0. The summed E-state index contributed by atoms with van der Waals surface area (Å²) < 4.78 is 5.22. The van der Waals surface area contributed by atoms with Crippen LogP contribution in [0.15, 0.2) is 68.6 Å². The van der Waals surface area contributed by atoms with Crippen LogP contribution in [0.2, 0.25) is 10.0 Å². The number of aromatic nitrogens is 2. The summed E-state index contributed by atoms with van der Waals surface area (Å²) in [6.07, 6.45) is 9.57. The maximum Gasteiger partial charge on any atom is 0.276 e. The van der Waals surface area contributed by atoms with Gasteiger partial charge < -0.3 is 15.2 Å². The Morgan fingerprint density at radius 2 is 1.85 bits per heavy atom. The number of hydrogen-bond acceptors (Lipinski definition) is 7. The monoisotopic (exact) mass is 500 g/mol. The first-order chi connectivity index (χ1) is 16.5. The fraction of sp³-hybridized carbons (Fsp3) is 0.304. The molecule has 1 aliphatic heterocycles. The van der Waals surface area contributed by atoms with E-state index >= 15 is 0 Å². The zero-order valence-corrected chi connectivity index (χ0v) is 19.6. The zero-order valence-electron chi connectivity index (χ0n) is 18.1. The van der Waals surface area contributed by atoms with Gasteiger partial charge in [-0.1, -0.05) is 52.7 Å². The van der Waals surface area contributed by atoms with Crippen LogP contribution in [0.1, 0.15) is 25.2 Å². The van der Waals surface area contributed by atoms with Crippen LogP contribution in [0.3, 0.4) is 0 Å². The van der Waals surface area contributed by atoms with Gasteiger partial charge in [0.25, 0.3) is 5.91 Å². The second-order valence-electron chi connectivity index (χ2n) is 7.72. The molecule has 0 bridgehead atoms. The van der Waals surface area contributed by atoms with Crippen LogP contribution < -0.4 is 10.6 Å². The number of nitrogens with one attached hydrogen (secondary N) is 2. The van der Waals surface area contributed by atoms with E-state index < -0.39 is 0 Å². The number of fused-ring (bicyclic) bond motifs is 1. The lowest BCUT2D eigenvalue weighted by molar-refractivity contribution is -0.121. The number of azo groups is 1. The van der Waals surface area contributed by atoms with Crippen LogP contribution in [-0.2, 0) is 16.0 Å². The van der Waals surface area contributed by atoms with Crippen molar-refractivity contribution in [2.24, 2.45) is 16.1 Å². The predicted molar refractivity (Wildman–Crippen MR) is 127 cm³/mol. The van der Waals surface area contributed by atoms with Crippen LogP contribution in [0.25, 0.3) is 11.4 Å². The highest BCUT2D eigenvalue weighted by Crippen LogP contribution is 2.27. The summed E-state index contributed by atoms with van der Waals surface area (Å²) in [5.41, 5.74) is 1.48. The van der Waals surface area contributed by atoms with Crippen molar-refractivity contribution in [1.82, 2.24) is 20.8 Å². The molecule has 0 fully saturated rings. The molecule has 2 aliphatic rings. The highest BCUT2D eigenvalue weighted by molar-refractivity contribution is 6.35. The largest absolute Gasteiger partial charge is 0.368 e. The van der Waals surface area contributed by atoms with Crippen molar-refractivity contribution in [2.45, 2.75) is 25.7 Å². The lowest BCUT2D eigenvalue weighted by Gasteiger charge is -2.20. The standard InChI is InChI=1S/C23H22Cl2N6O3/c24-15-11-14(12-16(25)13-15)21-28-20(34-31-21)8-7-19(32)26-9-3-4-10-27-22-17-5-1-2-6-18(17)23(33)30-29-22/h1-2,5-6,11-13,18,27H,3-4,7-10H2,(H,26,32). The molecule has 9 nitrogen and oxygen atoms in total. The third kappa shape index (κ3) is 6.18. The fourth-order valence-electron chi connectivity index (χ4n) is 3.49. The molecule has 1 aliphatic carbocycles. The molecule has 1 unspecified atom stereocenters. The summed E-state index contributed by atoms with van der Waals surface area (Å²) in [6.45, 7) is 1.21. The van der Waals surface area contributed by atoms with Crippen LogP contribution in [0, 0.1) is 5.92 Å². The van der Waals surface area contributed by atoms with Crippen LogP contribution >= 0.6 is 23.2 Å². The van der Waals surface area contributed by atoms with Crippen molar-refractivity contribution < 1.29 is 14.1 Å². The van der Waals surface area contributed by atoms with Crippen LogP contribution in [0.4, 0.5) is 0 Å². The molecule has 4 rings (SSSR count). The molecule has 1 atom stereocenters. The van der Waals surface area contributed by atoms with Gasteiger partial charge in [-0.05, 0) is 31.0 Å². The molecule has 0 spiro atoms. The van der Waals surface area contributed by atoms with E-state index in [1.807, 2.05) is 24.3 Å². The molecular formula is C23H22Cl2N6O3. The molecule has 2 N–H and O–H groups in total. The van der Waals surface area contributed by atoms with Gasteiger partial charge in [0.1, 0.15) is 0 Å². The number of carbonyl (C=O) groups excluding carboxylic acids is 2. The minimum absolute atomic E-state index is 0.0926. The number of hydrogen-bond donors (Lipinski definition) is 2. The van der Waals surface area contributed by atoms with Crippen molar-refractivity contribution in [3.63, 3.8) is 0 Å². The van der Waals surface area contributed by atoms with Crippen molar-refractivity contribution in [3.8, 4) is 11.4 Å². The van der Waals surface area contributed by atoms with Crippen LogP contribution in [0.5, 0.6) is 0 Å². The third-order valence-corrected chi connectivity index (χ3v) is 5.62. The molecule has 34 heavy (non-hydrogen) atoms. The fourth-order valence-corrected chi connectivity index (χ4v) is 4.02. The first kappa shape index (κ1) is 23.8. The Bertz CT molecular complexity index is 1180. The number of amides is 2. The van der Waals surface area contributed by atoms with Gasteiger partial charge in [-0.3, -0.25) is 9.59 Å². The summed E-state index contributed by atoms with van der Waals surface area (Å²) in [7, 11) is 0. The van der Waals surface area contributed by atoms with Gasteiger partial charge in [-0.2, -0.15) is 4.98 Å². The van der Waals surface area contributed by atoms with Crippen molar-refractivity contribution in [1.29, 1.82) is 0 Å². The molecule has 0 radical (unpaired) electrons. The summed E-state index contributed by atoms with van der Waals surface area (Å²) in [4.78, 5) is 28.2. The smallest absolute Gasteiger partial charge is 0.276 e. The number of nitrogens with zero attached hydrogens (tertiary/aromatic N) is 4. The van der Waals surface area contributed by atoms with Gasteiger partial charge in [0.2, 0.25) is 17.6 Å². The molecule has 2 aromatic rings. The number of rotatable bonds is 10. The lowest BCUT2D eigenvalue weighted by atomic mass is 9.93. The first-order valence-corrected chi connectivity index (χ1v) is 11.6. The van der Waals surface area contributed by atoms with E-state index in [0.29, 0.717) is 52.7 Å². The van der Waals surface area contributed by atoms with Crippen LogP contribution in [-0.4, -0.2) is 35.0 Å². The maximum atomic E-state index is 12.1. The topological polar surface area (TPSA) is 122 Å². The number of aryl methyl sites for hydroxylation is 1. The summed E-state index contributed by atoms with van der Waals surface area (Å²) in [5.74, 6) is 0.650. The average Bonchev–Trinajstić information content (AvgIpc) is 3.30. The molecule has 176 valence electrons. The molecular weight excluding hydrogens is 479 g/mol. The molecule has 0 saturated heterocycles. The second kappa shape index (κ2) is 11.2. The van der Waals surface area contributed by atoms with E-state index in [0.717, 1.165) is 18.4 Å². The van der Waals surface area contributed by atoms with Gasteiger partial charge in [0.05, 0.1) is 5.92 Å². The Morgan fingerprint density at radius 3 is 2.68 bits per heavy atom. The highest BCUT2D eigenvalue weighted by atomic mass is 35.5. The van der Waals surface area contributed by atoms with E-state index in [1.54, 1.807) is 18.2 Å². The average molecular weight is 501 g/mol. The van der Waals surface area contributed by atoms with E-state index in [4.69, 9.17) is 27.7 Å². The molecule has 2 heterocycles. The molecule has 0 saturated carbocycles. The Kier molecular flexibility index (Phi) is 7.87. The third-order valence-electron chi connectivity index (χ3n) is 5.19. The molecule has 11 heteroatoms. The number of carbonyl (C=O) groups is 2. The van der Waals surface area contributed by atoms with E-state index in [9.17, 15) is 9.59 Å². The molecule has 2 amide bonds. The quantitative estimate of drug-likeness (QED) is 0.465. The van der Waals surface area contributed by atoms with E-state index in [-0.39, 0.29) is 24.2 Å². The second-order valence-corrected chi connectivity index (χ2v) is 8.59. The van der Waals surface area contributed by atoms with Crippen molar-refractivity contribution >= 4 is 35.0 Å². The Morgan fingerprint density at radius 1 is 1.06 bits per heavy atom. The Labute approximate surface area is 206 Å². The van der Waals surface area contributed by atoms with Gasteiger partial charge in [0.15, 0.2) is 5.82 Å². The van der Waals surface area contributed by atoms with Gasteiger partial charge in [-0.25, -0.2) is 0 Å². The lowest BCUT2D eigenvalue weighted by Crippen LogP contribution is -2.26. The Hall–Kier alpha value is -3.30. The number of allylic oxidation sites excluding steroid dienone is 3. The zero-order chi connectivity index (χ0) is 23.9. The van der Waals surface area contributed by atoms with E-state index in [1.165, 1.54) is 0 Å². The van der Waals surface area contributed by atoms with Gasteiger partial charge in [0, 0.05) is 47.1 Å². The predicted octanol–water partition coefficient (Wildman–Crippen LogP) is 4.41. The minimum Gasteiger partial charge on any atom is -0.368 e. The van der Waals surface area contributed by atoms with Gasteiger partial charge in [-0.15, -0.1) is 10.2 Å². The number of benzene rings is 1. The highest BCUT2D eigenvalue weighted by Gasteiger charge is 2.26. The SMILES string of the molecule is O=C(CCc1nc(-c2cc(Cl)cc(Cl)c2)no1)NCCCCNC1=C2C=CC=CC2C(=O)N=N1. The maximum absolute atomic E-state index is 12.1.